The number of Topliss-reactive ketones (excluding diaryl/α,β-unsaturated/α-hetero) is 1. The van der Waals surface area contributed by atoms with Gasteiger partial charge in [-0.05, 0) is 30.8 Å². The number of urea groups is 1. The average Bonchev–Trinajstić information content (AvgIpc) is 2.55. The summed E-state index contributed by atoms with van der Waals surface area (Å²) in [7, 11) is 1.95. The Morgan fingerprint density at radius 2 is 2.13 bits per heavy atom. The maximum absolute atomic E-state index is 12.5. The lowest BCUT2D eigenvalue weighted by Crippen LogP contribution is -2.29. The van der Waals surface area contributed by atoms with Crippen LogP contribution in [0.4, 0.5) is 10.5 Å². The van der Waals surface area contributed by atoms with Crippen molar-refractivity contribution in [3.05, 3.63) is 53.8 Å². The zero-order valence-corrected chi connectivity index (χ0v) is 13.6. The highest BCUT2D eigenvalue weighted by Gasteiger charge is 2.13. The molecule has 2 rings (SSSR count). The Kier molecular flexibility index (Phi) is 5.97. The highest BCUT2D eigenvalue weighted by molar-refractivity contribution is 6.11. The predicted molar refractivity (Wildman–Crippen MR) is 92.6 cm³/mol. The number of unbranched alkanes of at least 4 members (excludes halogenated alkanes) is 1. The molecule has 1 aliphatic heterocycles. The first-order valence-corrected chi connectivity index (χ1v) is 7.88. The molecule has 2 amide bonds. The summed E-state index contributed by atoms with van der Waals surface area (Å²) in [6, 6.07) is 6.76. The molecule has 0 spiro atoms. The molecule has 1 aromatic carbocycles. The van der Waals surface area contributed by atoms with Crippen LogP contribution in [0.1, 0.15) is 30.1 Å². The minimum Gasteiger partial charge on any atom is -0.377 e. The first-order valence-electron chi connectivity index (χ1n) is 7.88. The molecule has 1 aromatic rings. The molecule has 0 saturated carbocycles. The first-order chi connectivity index (χ1) is 11.1. The SMILES string of the molecule is CCCCNC(=O)Nc1cccc(C(=O)C2=CCN(C)C=C2)c1. The van der Waals surface area contributed by atoms with Gasteiger partial charge in [-0.3, -0.25) is 4.79 Å². The van der Waals surface area contributed by atoms with Crippen LogP contribution in [0, 0.1) is 0 Å². The third-order valence-electron chi connectivity index (χ3n) is 3.57. The number of hydrogen-bond donors (Lipinski definition) is 2. The van der Waals surface area contributed by atoms with Gasteiger partial charge in [0.05, 0.1) is 0 Å². The molecular weight excluding hydrogens is 290 g/mol. The normalized spacial score (nSPS) is 13.5. The van der Waals surface area contributed by atoms with Crippen LogP contribution >= 0.6 is 0 Å². The Morgan fingerprint density at radius 3 is 2.83 bits per heavy atom. The second-order valence-electron chi connectivity index (χ2n) is 5.56. The van der Waals surface area contributed by atoms with E-state index in [4.69, 9.17) is 0 Å². The fourth-order valence-corrected chi connectivity index (χ4v) is 2.21. The lowest BCUT2D eigenvalue weighted by atomic mass is 10.0. The van der Waals surface area contributed by atoms with Crippen molar-refractivity contribution < 1.29 is 9.59 Å². The quantitative estimate of drug-likeness (QED) is 0.626. The van der Waals surface area contributed by atoms with Crippen LogP contribution in [-0.4, -0.2) is 36.9 Å². The molecule has 5 heteroatoms. The van der Waals surface area contributed by atoms with Crippen LogP contribution in [0.2, 0.25) is 0 Å². The monoisotopic (exact) mass is 313 g/mol. The van der Waals surface area contributed by atoms with Gasteiger partial charge in [0, 0.05) is 37.0 Å². The fraction of sp³-hybridized carbons (Fsp3) is 0.333. The smallest absolute Gasteiger partial charge is 0.319 e. The van der Waals surface area contributed by atoms with E-state index in [1.165, 1.54) is 0 Å². The van der Waals surface area contributed by atoms with E-state index in [0.717, 1.165) is 19.4 Å². The van der Waals surface area contributed by atoms with Crippen LogP contribution in [-0.2, 0) is 0 Å². The van der Waals surface area contributed by atoms with Gasteiger partial charge in [0.1, 0.15) is 0 Å². The highest BCUT2D eigenvalue weighted by atomic mass is 16.2. The Morgan fingerprint density at radius 1 is 1.30 bits per heavy atom. The van der Waals surface area contributed by atoms with Crippen molar-refractivity contribution in [3.8, 4) is 0 Å². The summed E-state index contributed by atoms with van der Waals surface area (Å²) in [4.78, 5) is 26.3. The van der Waals surface area contributed by atoms with E-state index in [-0.39, 0.29) is 11.8 Å². The Balaban J connectivity index is 2.01. The van der Waals surface area contributed by atoms with Gasteiger partial charge in [0.2, 0.25) is 0 Å². The minimum absolute atomic E-state index is 0.0376. The molecule has 2 N–H and O–H groups in total. The van der Waals surface area contributed by atoms with E-state index in [0.29, 0.717) is 23.4 Å². The summed E-state index contributed by atoms with van der Waals surface area (Å²) >= 11 is 0. The van der Waals surface area contributed by atoms with Gasteiger partial charge in [0.15, 0.2) is 5.78 Å². The molecule has 0 atom stereocenters. The molecule has 0 fully saturated rings. The maximum atomic E-state index is 12.5. The lowest BCUT2D eigenvalue weighted by Gasteiger charge is -2.16. The lowest BCUT2D eigenvalue weighted by molar-refractivity contribution is 0.103. The Bertz CT molecular complexity index is 635. The van der Waals surface area contributed by atoms with E-state index in [1.54, 1.807) is 24.3 Å². The van der Waals surface area contributed by atoms with Crippen LogP contribution in [0.5, 0.6) is 0 Å². The molecule has 0 radical (unpaired) electrons. The number of ketones is 1. The second-order valence-corrected chi connectivity index (χ2v) is 5.56. The van der Waals surface area contributed by atoms with Crippen molar-refractivity contribution in [1.82, 2.24) is 10.2 Å². The Hall–Kier alpha value is -2.56. The summed E-state index contributed by atoms with van der Waals surface area (Å²) in [5.41, 5.74) is 1.85. The molecule has 5 nitrogen and oxygen atoms in total. The summed E-state index contributed by atoms with van der Waals surface area (Å²) in [6.07, 6.45) is 7.57. The molecule has 1 aliphatic rings. The molecule has 1 heterocycles. The minimum atomic E-state index is -0.249. The van der Waals surface area contributed by atoms with Crippen molar-refractivity contribution in [3.63, 3.8) is 0 Å². The van der Waals surface area contributed by atoms with E-state index < -0.39 is 0 Å². The summed E-state index contributed by atoms with van der Waals surface area (Å²) in [5.74, 6) is -0.0376. The fourth-order valence-electron chi connectivity index (χ4n) is 2.21. The number of rotatable bonds is 6. The molecule has 0 unspecified atom stereocenters. The average molecular weight is 313 g/mol. The molecule has 0 aliphatic carbocycles. The summed E-state index contributed by atoms with van der Waals surface area (Å²) < 4.78 is 0. The van der Waals surface area contributed by atoms with Gasteiger partial charge in [0.25, 0.3) is 0 Å². The molecule has 0 aromatic heterocycles. The number of amides is 2. The Labute approximate surface area is 137 Å². The number of carbonyl (C=O) groups is 2. The number of likely N-dealkylation sites (N-methyl/N-ethyl adjacent to an activating group) is 1. The van der Waals surface area contributed by atoms with Gasteiger partial charge in [-0.2, -0.15) is 0 Å². The number of carbonyl (C=O) groups excluding carboxylic acids is 2. The number of hydrogen-bond acceptors (Lipinski definition) is 3. The number of nitrogens with one attached hydrogen (secondary N) is 2. The van der Waals surface area contributed by atoms with Gasteiger partial charge < -0.3 is 15.5 Å². The van der Waals surface area contributed by atoms with Crippen LogP contribution < -0.4 is 10.6 Å². The summed E-state index contributed by atoms with van der Waals surface area (Å²) in [6.45, 7) is 3.43. The van der Waals surface area contributed by atoms with Crippen molar-refractivity contribution in [2.75, 3.05) is 25.5 Å². The van der Waals surface area contributed by atoms with Crippen LogP contribution in [0.3, 0.4) is 0 Å². The number of nitrogens with zero attached hydrogens (tertiary/aromatic N) is 1. The first kappa shape index (κ1) is 16.8. The van der Waals surface area contributed by atoms with E-state index >= 15 is 0 Å². The largest absolute Gasteiger partial charge is 0.377 e. The maximum Gasteiger partial charge on any atom is 0.319 e. The zero-order valence-electron chi connectivity index (χ0n) is 13.6. The second kappa shape index (κ2) is 8.17. The van der Waals surface area contributed by atoms with Crippen molar-refractivity contribution in [2.45, 2.75) is 19.8 Å². The number of anilines is 1. The molecule has 0 saturated heterocycles. The molecule has 122 valence electrons. The van der Waals surface area contributed by atoms with E-state index in [2.05, 4.69) is 17.6 Å². The van der Waals surface area contributed by atoms with Gasteiger partial charge in [-0.15, -0.1) is 0 Å². The van der Waals surface area contributed by atoms with E-state index in [1.807, 2.05) is 30.3 Å². The third-order valence-corrected chi connectivity index (χ3v) is 3.57. The number of benzene rings is 1. The molecule has 0 bridgehead atoms. The standard InChI is InChI=1S/C18H23N3O2/c1-3-4-10-19-18(23)20-16-7-5-6-15(13-16)17(22)14-8-11-21(2)12-9-14/h5-9,11,13H,3-4,10,12H2,1-2H3,(H2,19,20,23). The van der Waals surface area contributed by atoms with Gasteiger partial charge in [-0.1, -0.05) is 31.6 Å². The van der Waals surface area contributed by atoms with Crippen molar-refractivity contribution >= 4 is 17.5 Å². The molecule has 23 heavy (non-hydrogen) atoms. The number of allylic oxidation sites excluding steroid dienone is 2. The third kappa shape index (κ3) is 4.98. The highest BCUT2D eigenvalue weighted by Crippen LogP contribution is 2.17. The summed E-state index contributed by atoms with van der Waals surface area (Å²) in [5, 5.41) is 5.54. The van der Waals surface area contributed by atoms with Crippen molar-refractivity contribution in [2.24, 2.45) is 0 Å². The topological polar surface area (TPSA) is 61.4 Å². The van der Waals surface area contributed by atoms with Crippen molar-refractivity contribution in [1.29, 1.82) is 0 Å². The van der Waals surface area contributed by atoms with Gasteiger partial charge in [-0.25, -0.2) is 4.79 Å². The molecular formula is C18H23N3O2. The van der Waals surface area contributed by atoms with Crippen LogP contribution in [0.25, 0.3) is 0 Å². The van der Waals surface area contributed by atoms with E-state index in [9.17, 15) is 9.59 Å². The predicted octanol–water partition coefficient (Wildman–Crippen LogP) is 3.18. The zero-order chi connectivity index (χ0) is 16.7. The van der Waals surface area contributed by atoms with Crippen LogP contribution in [0.15, 0.2) is 48.2 Å². The van der Waals surface area contributed by atoms with Gasteiger partial charge >= 0.3 is 6.03 Å².